The minimum Gasteiger partial charge on any atom is -0.496 e. The summed E-state index contributed by atoms with van der Waals surface area (Å²) in [4.78, 5) is 12.5. The van der Waals surface area contributed by atoms with E-state index in [1.54, 1.807) is 19.3 Å². The van der Waals surface area contributed by atoms with Gasteiger partial charge in [0.25, 0.3) is 0 Å². The third-order valence-corrected chi connectivity index (χ3v) is 5.38. The summed E-state index contributed by atoms with van der Waals surface area (Å²) in [6, 6.07) is 10.2. The van der Waals surface area contributed by atoms with E-state index in [1.807, 2.05) is 29.7 Å². The van der Waals surface area contributed by atoms with Gasteiger partial charge in [0.15, 0.2) is 5.82 Å². The number of rotatable bonds is 5. The number of anilines is 1. The monoisotopic (exact) mass is 420 g/mol. The first-order valence-electron chi connectivity index (χ1n) is 10.4. The lowest BCUT2D eigenvalue weighted by atomic mass is 10.1. The molecule has 160 valence electrons. The van der Waals surface area contributed by atoms with Gasteiger partial charge in [0.2, 0.25) is 5.91 Å². The third kappa shape index (κ3) is 4.66. The minimum absolute atomic E-state index is 0.318. The average molecular weight is 420 g/mol. The van der Waals surface area contributed by atoms with Crippen LogP contribution in [-0.4, -0.2) is 27.8 Å². The molecule has 1 amide bonds. The Bertz CT molecular complexity index is 1140. The number of hydrogen-bond donors (Lipinski definition) is 1. The Balaban J connectivity index is 1.55. The Morgan fingerprint density at radius 3 is 2.87 bits per heavy atom. The van der Waals surface area contributed by atoms with Crippen molar-refractivity contribution >= 4 is 17.7 Å². The summed E-state index contributed by atoms with van der Waals surface area (Å²) in [5, 5.41) is 11.3. The number of hydrogen-bond acceptors (Lipinski definition) is 4. The van der Waals surface area contributed by atoms with E-state index in [0.717, 1.165) is 49.2 Å². The van der Waals surface area contributed by atoms with Crippen LogP contribution in [0.1, 0.15) is 36.2 Å². The van der Waals surface area contributed by atoms with Crippen LogP contribution in [0, 0.1) is 12.7 Å². The minimum atomic E-state index is -0.391. The van der Waals surface area contributed by atoms with E-state index >= 15 is 0 Å². The van der Waals surface area contributed by atoms with Crippen molar-refractivity contribution in [3.05, 3.63) is 65.2 Å². The van der Waals surface area contributed by atoms with Crippen molar-refractivity contribution in [2.75, 3.05) is 12.4 Å². The molecule has 0 spiro atoms. The SMILES string of the molecule is COc1ccc(C)cc1/C=C/C(=O)Nc1ccc(F)c(-c2nnc3n2CCCCC3)c1. The first-order chi connectivity index (χ1) is 15.0. The van der Waals surface area contributed by atoms with Gasteiger partial charge < -0.3 is 14.6 Å². The maximum Gasteiger partial charge on any atom is 0.248 e. The lowest BCUT2D eigenvalue weighted by Crippen LogP contribution is -2.09. The second kappa shape index (κ2) is 9.12. The van der Waals surface area contributed by atoms with Crippen molar-refractivity contribution in [3.8, 4) is 17.1 Å². The molecule has 6 nitrogen and oxygen atoms in total. The molecular formula is C24H25FN4O2. The number of nitrogens with one attached hydrogen (secondary N) is 1. The quantitative estimate of drug-likeness (QED) is 0.603. The molecule has 7 heteroatoms. The number of aryl methyl sites for hydroxylation is 2. The molecule has 31 heavy (non-hydrogen) atoms. The van der Waals surface area contributed by atoms with Gasteiger partial charge in [-0.25, -0.2) is 4.39 Å². The van der Waals surface area contributed by atoms with E-state index in [1.165, 1.54) is 18.2 Å². The lowest BCUT2D eigenvalue weighted by molar-refractivity contribution is -0.111. The van der Waals surface area contributed by atoms with Crippen LogP contribution in [0.15, 0.2) is 42.5 Å². The van der Waals surface area contributed by atoms with Gasteiger partial charge in [-0.1, -0.05) is 18.1 Å². The second-order valence-electron chi connectivity index (χ2n) is 7.66. The molecule has 1 aromatic heterocycles. The molecule has 2 aromatic carbocycles. The van der Waals surface area contributed by atoms with Crippen molar-refractivity contribution in [1.29, 1.82) is 0 Å². The Kier molecular flexibility index (Phi) is 6.11. The molecular weight excluding hydrogens is 395 g/mol. The highest BCUT2D eigenvalue weighted by Gasteiger charge is 2.19. The summed E-state index contributed by atoms with van der Waals surface area (Å²) in [6.07, 6.45) is 7.18. The number of nitrogens with zero attached hydrogens (tertiary/aromatic N) is 3. The van der Waals surface area contributed by atoms with Crippen molar-refractivity contribution in [1.82, 2.24) is 14.8 Å². The number of carbonyl (C=O) groups is 1. The van der Waals surface area contributed by atoms with Gasteiger partial charge in [0, 0.05) is 30.3 Å². The Morgan fingerprint density at radius 1 is 1.16 bits per heavy atom. The molecule has 0 radical (unpaired) electrons. The molecule has 4 rings (SSSR count). The fourth-order valence-electron chi connectivity index (χ4n) is 3.79. The van der Waals surface area contributed by atoms with Gasteiger partial charge in [-0.3, -0.25) is 4.79 Å². The van der Waals surface area contributed by atoms with E-state index < -0.39 is 5.82 Å². The molecule has 0 atom stereocenters. The van der Waals surface area contributed by atoms with Gasteiger partial charge in [0.1, 0.15) is 17.4 Å². The molecule has 0 saturated heterocycles. The van der Waals surface area contributed by atoms with Crippen LogP contribution in [-0.2, 0) is 17.8 Å². The number of halogens is 1. The highest BCUT2D eigenvalue weighted by molar-refractivity contribution is 6.02. The maximum atomic E-state index is 14.6. The molecule has 3 aromatic rings. The Hall–Kier alpha value is -3.48. The third-order valence-electron chi connectivity index (χ3n) is 5.38. The maximum absolute atomic E-state index is 14.6. The second-order valence-corrected chi connectivity index (χ2v) is 7.66. The number of carbonyl (C=O) groups excluding carboxylic acids is 1. The van der Waals surface area contributed by atoms with Crippen LogP contribution >= 0.6 is 0 Å². The molecule has 1 aliphatic heterocycles. The van der Waals surface area contributed by atoms with Crippen molar-refractivity contribution < 1.29 is 13.9 Å². The highest BCUT2D eigenvalue weighted by atomic mass is 19.1. The Morgan fingerprint density at radius 2 is 2.03 bits per heavy atom. The summed E-state index contributed by atoms with van der Waals surface area (Å²) >= 11 is 0. The fourth-order valence-corrected chi connectivity index (χ4v) is 3.79. The molecule has 0 unspecified atom stereocenters. The van der Waals surface area contributed by atoms with Gasteiger partial charge in [0.05, 0.1) is 12.7 Å². The van der Waals surface area contributed by atoms with Crippen molar-refractivity contribution in [2.24, 2.45) is 0 Å². The molecule has 0 bridgehead atoms. The average Bonchev–Trinajstić information content (AvgIpc) is 3.01. The van der Waals surface area contributed by atoms with Gasteiger partial charge in [-0.15, -0.1) is 10.2 Å². The standard InChI is InChI=1S/C24H25FN4O2/c1-16-7-11-21(31-2)17(14-16)8-12-23(30)26-18-9-10-20(25)19(15-18)24-28-27-22-6-4-3-5-13-29(22)24/h7-12,14-15H,3-6,13H2,1-2H3,(H,26,30)/b12-8+. The number of fused-ring (bicyclic) bond motifs is 1. The predicted octanol–water partition coefficient (Wildman–Crippen LogP) is 4.78. The number of ether oxygens (including phenoxy) is 1. The smallest absolute Gasteiger partial charge is 0.248 e. The predicted molar refractivity (Wildman–Crippen MR) is 118 cm³/mol. The zero-order valence-corrected chi connectivity index (χ0v) is 17.7. The van der Waals surface area contributed by atoms with Crippen LogP contribution in [0.5, 0.6) is 5.75 Å². The molecule has 1 aliphatic rings. The van der Waals surface area contributed by atoms with E-state index in [-0.39, 0.29) is 5.91 Å². The van der Waals surface area contributed by atoms with E-state index in [2.05, 4.69) is 15.5 Å². The zero-order chi connectivity index (χ0) is 21.8. The summed E-state index contributed by atoms with van der Waals surface area (Å²) in [6.45, 7) is 2.75. The summed E-state index contributed by atoms with van der Waals surface area (Å²) in [7, 11) is 1.59. The molecule has 2 heterocycles. The van der Waals surface area contributed by atoms with Gasteiger partial charge >= 0.3 is 0 Å². The van der Waals surface area contributed by atoms with Crippen LogP contribution in [0.25, 0.3) is 17.5 Å². The topological polar surface area (TPSA) is 69.0 Å². The summed E-state index contributed by atoms with van der Waals surface area (Å²) in [5.41, 5.74) is 2.70. The summed E-state index contributed by atoms with van der Waals surface area (Å²) < 4.78 is 21.9. The number of aromatic nitrogens is 3. The molecule has 0 saturated carbocycles. The lowest BCUT2D eigenvalue weighted by Gasteiger charge is -2.10. The Labute approximate surface area is 180 Å². The van der Waals surface area contributed by atoms with Crippen LogP contribution in [0.2, 0.25) is 0 Å². The number of methoxy groups -OCH3 is 1. The van der Waals surface area contributed by atoms with E-state index in [4.69, 9.17) is 4.74 Å². The van der Waals surface area contributed by atoms with Gasteiger partial charge in [-0.2, -0.15) is 0 Å². The largest absolute Gasteiger partial charge is 0.496 e. The van der Waals surface area contributed by atoms with Crippen LogP contribution in [0.4, 0.5) is 10.1 Å². The van der Waals surface area contributed by atoms with Crippen LogP contribution < -0.4 is 10.1 Å². The zero-order valence-electron chi connectivity index (χ0n) is 17.7. The van der Waals surface area contributed by atoms with E-state index in [0.29, 0.717) is 22.8 Å². The van der Waals surface area contributed by atoms with Gasteiger partial charge in [-0.05, 0) is 56.2 Å². The molecule has 1 N–H and O–H groups in total. The summed E-state index contributed by atoms with van der Waals surface area (Å²) in [5.74, 6) is 1.37. The molecule has 0 fully saturated rings. The first-order valence-corrected chi connectivity index (χ1v) is 10.4. The van der Waals surface area contributed by atoms with E-state index in [9.17, 15) is 9.18 Å². The van der Waals surface area contributed by atoms with Crippen molar-refractivity contribution in [2.45, 2.75) is 39.2 Å². The number of amides is 1. The fraction of sp³-hybridized carbons (Fsp3) is 0.292. The highest BCUT2D eigenvalue weighted by Crippen LogP contribution is 2.27. The van der Waals surface area contributed by atoms with Crippen LogP contribution in [0.3, 0.4) is 0 Å². The normalized spacial score (nSPS) is 13.6. The molecule has 0 aliphatic carbocycles. The van der Waals surface area contributed by atoms with Crippen molar-refractivity contribution in [3.63, 3.8) is 0 Å². The number of benzene rings is 2. The first kappa shape index (κ1) is 20.8.